The van der Waals surface area contributed by atoms with Gasteiger partial charge in [0.2, 0.25) is 0 Å². The van der Waals surface area contributed by atoms with Crippen molar-refractivity contribution >= 4 is 23.3 Å². The molecule has 3 amide bonds. The number of hydrogen-bond donors (Lipinski definition) is 1. The van der Waals surface area contributed by atoms with Crippen LogP contribution in [0, 0.1) is 17.5 Å². The number of hydrogen-bond acceptors (Lipinski definition) is 4. The fraction of sp³-hybridized carbons (Fsp3) is 0.238. The van der Waals surface area contributed by atoms with Crippen LogP contribution < -0.4 is 10.2 Å². The second-order valence-corrected chi connectivity index (χ2v) is 7.71. The summed E-state index contributed by atoms with van der Waals surface area (Å²) >= 11 is 0. The van der Waals surface area contributed by atoms with Crippen LogP contribution in [0.5, 0.6) is 0 Å². The lowest BCUT2D eigenvalue weighted by Gasteiger charge is -2.35. The van der Waals surface area contributed by atoms with Crippen LogP contribution in [0.2, 0.25) is 0 Å². The van der Waals surface area contributed by atoms with E-state index in [-0.39, 0.29) is 24.2 Å². The van der Waals surface area contributed by atoms with E-state index in [1.807, 2.05) is 0 Å². The van der Waals surface area contributed by atoms with Gasteiger partial charge in [-0.05, 0) is 19.1 Å². The highest BCUT2D eigenvalue weighted by Crippen LogP contribution is 2.33. The summed E-state index contributed by atoms with van der Waals surface area (Å²) in [4.78, 5) is 33.0. The number of benzene rings is 1. The second-order valence-electron chi connectivity index (χ2n) is 7.71. The number of aromatic nitrogens is 3. The Bertz CT molecular complexity index is 1240. The summed E-state index contributed by atoms with van der Waals surface area (Å²) in [5, 5.41) is 6.77. The highest BCUT2D eigenvalue weighted by atomic mass is 19.2. The number of nitrogens with zero attached hydrogens (tertiary/aromatic N) is 5. The summed E-state index contributed by atoms with van der Waals surface area (Å²) in [5.41, 5.74) is 2.20. The molecule has 3 aromatic rings. The number of halogens is 3. The smallest absolute Gasteiger partial charge is 0.314 e. The first-order valence-corrected chi connectivity index (χ1v) is 9.86. The molecule has 0 saturated heterocycles. The summed E-state index contributed by atoms with van der Waals surface area (Å²) in [6.07, 6.45) is 3.20. The van der Waals surface area contributed by atoms with Gasteiger partial charge in [-0.2, -0.15) is 5.10 Å². The van der Waals surface area contributed by atoms with Crippen LogP contribution in [0.15, 0.2) is 36.7 Å². The number of amides is 3. The van der Waals surface area contributed by atoms with Crippen LogP contribution in [0.3, 0.4) is 0 Å². The van der Waals surface area contributed by atoms with Crippen LogP contribution in [0.25, 0.3) is 0 Å². The Kier molecular flexibility index (Phi) is 4.61. The topological polar surface area (TPSA) is 83.4 Å². The van der Waals surface area contributed by atoms with E-state index in [0.29, 0.717) is 47.9 Å². The molecule has 11 heteroatoms. The second kappa shape index (κ2) is 7.36. The summed E-state index contributed by atoms with van der Waals surface area (Å²) in [5.74, 6) is -4.59. The lowest BCUT2D eigenvalue weighted by Crippen LogP contribution is -2.47. The minimum Gasteiger partial charge on any atom is -0.314 e. The number of anilines is 2. The average Bonchev–Trinajstić information content (AvgIpc) is 3.31. The Morgan fingerprint density at radius 1 is 1.19 bits per heavy atom. The van der Waals surface area contributed by atoms with Gasteiger partial charge in [0.15, 0.2) is 17.5 Å². The summed E-state index contributed by atoms with van der Waals surface area (Å²) < 4.78 is 41.9. The van der Waals surface area contributed by atoms with Crippen molar-refractivity contribution in [3.63, 3.8) is 0 Å². The zero-order valence-corrected chi connectivity index (χ0v) is 16.8. The SMILES string of the molecule is C[C@H]1Cn2ncc(N3Cc4ncccc4C3=O)c2CN1C(=O)Nc1cc(F)c(F)c(F)c1. The molecular weight excluding hydrogens is 425 g/mol. The summed E-state index contributed by atoms with van der Waals surface area (Å²) in [6.45, 7) is 2.57. The zero-order valence-electron chi connectivity index (χ0n) is 16.8. The Hall–Kier alpha value is -3.89. The molecule has 2 aliphatic rings. The normalized spacial score (nSPS) is 17.4. The standard InChI is InChI=1S/C21H17F3N6O2/c1-11-8-30-18(10-28(11)21(32)27-12-5-14(22)19(24)15(23)6-12)17(7-26-30)29-9-16-13(20(29)31)3-2-4-25-16/h2-7,11H,8-10H2,1H3,(H,27,32)/t11-/m0/s1. The Labute approximate surface area is 180 Å². The Morgan fingerprint density at radius 3 is 2.66 bits per heavy atom. The van der Waals surface area contributed by atoms with Crippen molar-refractivity contribution in [2.75, 3.05) is 10.2 Å². The number of nitrogens with one attached hydrogen (secondary N) is 1. The number of pyridine rings is 1. The van der Waals surface area contributed by atoms with Gasteiger partial charge in [0.25, 0.3) is 5.91 Å². The van der Waals surface area contributed by atoms with Crippen molar-refractivity contribution < 1.29 is 22.8 Å². The third-order valence-corrected chi connectivity index (χ3v) is 5.68. The van der Waals surface area contributed by atoms with Crippen LogP contribution >= 0.6 is 0 Å². The molecule has 0 bridgehead atoms. The Balaban J connectivity index is 1.40. The van der Waals surface area contributed by atoms with E-state index in [9.17, 15) is 22.8 Å². The molecular formula is C21H17F3N6O2. The van der Waals surface area contributed by atoms with E-state index in [0.717, 1.165) is 0 Å². The summed E-state index contributed by atoms with van der Waals surface area (Å²) in [7, 11) is 0. The number of rotatable bonds is 2. The predicted molar refractivity (Wildman–Crippen MR) is 107 cm³/mol. The van der Waals surface area contributed by atoms with Gasteiger partial charge in [-0.3, -0.25) is 19.4 Å². The van der Waals surface area contributed by atoms with E-state index in [1.165, 1.54) is 4.90 Å². The number of carbonyl (C=O) groups is 2. The summed E-state index contributed by atoms with van der Waals surface area (Å²) in [6, 6.07) is 3.94. The van der Waals surface area contributed by atoms with E-state index in [4.69, 9.17) is 0 Å². The number of carbonyl (C=O) groups excluding carboxylic acids is 2. The van der Waals surface area contributed by atoms with Gasteiger partial charge in [-0.15, -0.1) is 0 Å². The molecule has 0 unspecified atom stereocenters. The first-order chi connectivity index (χ1) is 15.3. The Morgan fingerprint density at radius 2 is 1.94 bits per heavy atom. The van der Waals surface area contributed by atoms with E-state index in [1.54, 1.807) is 41.0 Å². The minimum absolute atomic E-state index is 0.113. The molecule has 164 valence electrons. The van der Waals surface area contributed by atoms with Crippen molar-refractivity contribution in [2.24, 2.45) is 0 Å². The molecule has 4 heterocycles. The van der Waals surface area contributed by atoms with Crippen molar-refractivity contribution in [1.29, 1.82) is 0 Å². The monoisotopic (exact) mass is 442 g/mol. The van der Waals surface area contributed by atoms with Crippen LogP contribution in [-0.2, 0) is 19.6 Å². The van der Waals surface area contributed by atoms with E-state index < -0.39 is 23.5 Å². The molecule has 32 heavy (non-hydrogen) atoms. The maximum atomic E-state index is 13.5. The average molecular weight is 442 g/mol. The molecule has 2 aliphatic heterocycles. The van der Waals surface area contributed by atoms with E-state index in [2.05, 4.69) is 15.4 Å². The lowest BCUT2D eigenvalue weighted by atomic mass is 10.2. The molecule has 5 rings (SSSR count). The van der Waals surface area contributed by atoms with Gasteiger partial charge < -0.3 is 10.2 Å². The largest absolute Gasteiger partial charge is 0.322 e. The van der Waals surface area contributed by atoms with Gasteiger partial charge >= 0.3 is 6.03 Å². The molecule has 1 N–H and O–H groups in total. The van der Waals surface area contributed by atoms with Gasteiger partial charge in [0.05, 0.1) is 54.5 Å². The minimum atomic E-state index is -1.60. The van der Waals surface area contributed by atoms with Gasteiger partial charge in [0, 0.05) is 24.0 Å². The van der Waals surface area contributed by atoms with Crippen molar-refractivity contribution in [3.8, 4) is 0 Å². The highest BCUT2D eigenvalue weighted by Gasteiger charge is 2.36. The predicted octanol–water partition coefficient (Wildman–Crippen LogP) is 3.29. The molecule has 8 nitrogen and oxygen atoms in total. The lowest BCUT2D eigenvalue weighted by molar-refractivity contribution is 0.0996. The molecule has 1 aromatic carbocycles. The van der Waals surface area contributed by atoms with E-state index >= 15 is 0 Å². The molecule has 0 aliphatic carbocycles. The molecule has 0 spiro atoms. The first-order valence-electron chi connectivity index (χ1n) is 9.86. The number of urea groups is 1. The highest BCUT2D eigenvalue weighted by molar-refractivity contribution is 6.09. The number of fused-ring (bicyclic) bond motifs is 2. The van der Waals surface area contributed by atoms with Crippen LogP contribution in [-0.4, -0.2) is 37.6 Å². The zero-order chi connectivity index (χ0) is 22.6. The third kappa shape index (κ3) is 3.17. The molecule has 2 aromatic heterocycles. The van der Waals surface area contributed by atoms with Gasteiger partial charge in [-0.25, -0.2) is 18.0 Å². The quantitative estimate of drug-likeness (QED) is 0.618. The molecule has 1 atom stereocenters. The van der Waals surface area contributed by atoms with Crippen LogP contribution in [0.1, 0.15) is 28.7 Å². The fourth-order valence-electron chi connectivity index (χ4n) is 4.03. The van der Waals surface area contributed by atoms with Crippen LogP contribution in [0.4, 0.5) is 29.3 Å². The molecule has 0 saturated carbocycles. The maximum Gasteiger partial charge on any atom is 0.322 e. The first kappa shape index (κ1) is 20.0. The van der Waals surface area contributed by atoms with Crippen molar-refractivity contribution in [3.05, 3.63) is 71.1 Å². The fourth-order valence-corrected chi connectivity index (χ4v) is 4.03. The van der Waals surface area contributed by atoms with Gasteiger partial charge in [0.1, 0.15) is 0 Å². The molecule has 0 radical (unpaired) electrons. The third-order valence-electron chi connectivity index (χ3n) is 5.68. The van der Waals surface area contributed by atoms with Crippen molar-refractivity contribution in [2.45, 2.75) is 32.6 Å². The van der Waals surface area contributed by atoms with Gasteiger partial charge in [-0.1, -0.05) is 0 Å². The van der Waals surface area contributed by atoms with Crippen molar-refractivity contribution in [1.82, 2.24) is 19.7 Å². The maximum absolute atomic E-state index is 13.5. The molecule has 0 fully saturated rings.